The summed E-state index contributed by atoms with van der Waals surface area (Å²) in [5.41, 5.74) is 1.13. The highest BCUT2D eigenvalue weighted by Gasteiger charge is 2.14. The van der Waals surface area contributed by atoms with Crippen molar-refractivity contribution in [3.05, 3.63) is 34.3 Å². The Hall–Kier alpha value is -1.55. The number of halogens is 1. The first-order valence-electron chi connectivity index (χ1n) is 6.19. The third-order valence-corrected chi connectivity index (χ3v) is 2.70. The van der Waals surface area contributed by atoms with Crippen molar-refractivity contribution in [1.29, 1.82) is 0 Å². The van der Waals surface area contributed by atoms with Gasteiger partial charge >= 0.3 is 11.9 Å². The van der Waals surface area contributed by atoms with Gasteiger partial charge in [0.2, 0.25) is 0 Å². The fraction of sp³-hybridized carbons (Fsp3) is 0.429. The van der Waals surface area contributed by atoms with E-state index in [9.17, 15) is 9.59 Å². The molecule has 1 rings (SSSR count). The van der Waals surface area contributed by atoms with E-state index >= 15 is 0 Å². The van der Waals surface area contributed by atoms with Crippen LogP contribution >= 0.6 is 11.6 Å². The normalized spacial score (nSPS) is 10.1. The molecule has 0 aliphatic heterocycles. The van der Waals surface area contributed by atoms with Crippen LogP contribution < -0.4 is 0 Å². The van der Waals surface area contributed by atoms with Crippen molar-refractivity contribution in [2.45, 2.75) is 26.7 Å². The molecule has 0 aliphatic rings. The third kappa shape index (κ3) is 4.91. The van der Waals surface area contributed by atoms with Crippen LogP contribution in [0.2, 0.25) is 5.02 Å². The van der Waals surface area contributed by atoms with E-state index in [0.717, 1.165) is 0 Å². The fourth-order valence-corrected chi connectivity index (χ4v) is 1.84. The molecule has 0 aliphatic carbocycles. The van der Waals surface area contributed by atoms with E-state index < -0.39 is 5.97 Å². The molecule has 4 nitrogen and oxygen atoms in total. The van der Waals surface area contributed by atoms with Gasteiger partial charge in [0.05, 0.1) is 18.8 Å². The molecule has 0 unspecified atom stereocenters. The number of carbonyl (C=O) groups is 2. The highest BCUT2D eigenvalue weighted by Crippen LogP contribution is 2.19. The highest BCUT2D eigenvalue weighted by atomic mass is 35.5. The summed E-state index contributed by atoms with van der Waals surface area (Å²) < 4.78 is 9.82. The van der Waals surface area contributed by atoms with Crippen LogP contribution in [0.3, 0.4) is 0 Å². The van der Waals surface area contributed by atoms with Gasteiger partial charge in [-0.2, -0.15) is 0 Å². The van der Waals surface area contributed by atoms with Crippen LogP contribution in [0.5, 0.6) is 0 Å². The first-order valence-corrected chi connectivity index (χ1v) is 6.57. The maximum atomic E-state index is 11.8. The Morgan fingerprint density at radius 2 is 1.84 bits per heavy atom. The van der Waals surface area contributed by atoms with Crippen LogP contribution in [0.25, 0.3) is 0 Å². The summed E-state index contributed by atoms with van der Waals surface area (Å²) in [5.74, 6) is -0.699. The van der Waals surface area contributed by atoms with Crippen molar-refractivity contribution >= 4 is 23.5 Å². The topological polar surface area (TPSA) is 52.6 Å². The molecule has 0 radical (unpaired) electrons. The molecular formula is C14H17ClO4. The van der Waals surface area contributed by atoms with Crippen LogP contribution in [0, 0.1) is 0 Å². The number of rotatable bonds is 6. The second-order valence-electron chi connectivity index (χ2n) is 3.83. The minimum absolute atomic E-state index is 0.209. The first-order chi connectivity index (χ1) is 9.08. The van der Waals surface area contributed by atoms with E-state index in [4.69, 9.17) is 21.1 Å². The Labute approximate surface area is 117 Å². The van der Waals surface area contributed by atoms with Crippen molar-refractivity contribution < 1.29 is 19.1 Å². The summed E-state index contributed by atoms with van der Waals surface area (Å²) in [7, 11) is 0. The second-order valence-corrected chi connectivity index (χ2v) is 4.26. The van der Waals surface area contributed by atoms with Crippen molar-refractivity contribution in [3.8, 4) is 0 Å². The van der Waals surface area contributed by atoms with Crippen molar-refractivity contribution in [3.63, 3.8) is 0 Å². The molecular weight excluding hydrogens is 268 g/mol. The minimum Gasteiger partial charge on any atom is -0.466 e. The summed E-state index contributed by atoms with van der Waals surface area (Å²) in [6, 6.07) is 4.91. The summed E-state index contributed by atoms with van der Waals surface area (Å²) in [6.45, 7) is 4.14. The predicted molar refractivity (Wildman–Crippen MR) is 72.4 cm³/mol. The second kappa shape index (κ2) is 7.79. The monoisotopic (exact) mass is 284 g/mol. The van der Waals surface area contributed by atoms with Gasteiger partial charge in [-0.1, -0.05) is 11.6 Å². The molecule has 104 valence electrons. The van der Waals surface area contributed by atoms with E-state index in [1.54, 1.807) is 32.0 Å². The Bertz CT molecular complexity index is 457. The lowest BCUT2D eigenvalue weighted by Gasteiger charge is -2.09. The van der Waals surface area contributed by atoms with Crippen LogP contribution in [0.15, 0.2) is 18.2 Å². The van der Waals surface area contributed by atoms with Gasteiger partial charge in [-0.25, -0.2) is 4.79 Å². The van der Waals surface area contributed by atoms with Crippen LogP contribution in [0.1, 0.15) is 36.2 Å². The molecule has 0 heterocycles. The molecule has 0 amide bonds. The average Bonchev–Trinajstić information content (AvgIpc) is 2.37. The van der Waals surface area contributed by atoms with Crippen molar-refractivity contribution in [2.24, 2.45) is 0 Å². The molecule has 0 bridgehead atoms. The minimum atomic E-state index is -0.405. The predicted octanol–water partition coefficient (Wildman–Crippen LogP) is 3.01. The van der Waals surface area contributed by atoms with E-state index in [2.05, 4.69) is 0 Å². The average molecular weight is 285 g/mol. The number of esters is 2. The summed E-state index contributed by atoms with van der Waals surface area (Å²) in [6.07, 6.45) is 0.605. The molecule has 0 atom stereocenters. The van der Waals surface area contributed by atoms with Gasteiger partial charge in [-0.05, 0) is 44.0 Å². The van der Waals surface area contributed by atoms with E-state index in [-0.39, 0.29) is 12.4 Å². The van der Waals surface area contributed by atoms with E-state index in [0.29, 0.717) is 35.8 Å². The van der Waals surface area contributed by atoms with E-state index in [1.165, 1.54) is 0 Å². The van der Waals surface area contributed by atoms with Gasteiger partial charge in [0, 0.05) is 11.4 Å². The summed E-state index contributed by atoms with van der Waals surface area (Å²) in [4.78, 5) is 23.1. The number of benzene rings is 1. The Balaban J connectivity index is 2.82. The number of aryl methyl sites for hydroxylation is 1. The zero-order valence-electron chi connectivity index (χ0n) is 11.1. The zero-order chi connectivity index (χ0) is 14.3. The molecule has 1 aromatic rings. The Morgan fingerprint density at radius 3 is 2.47 bits per heavy atom. The molecule has 1 aromatic carbocycles. The zero-order valence-corrected chi connectivity index (χ0v) is 11.8. The Morgan fingerprint density at radius 1 is 1.16 bits per heavy atom. The van der Waals surface area contributed by atoms with Crippen molar-refractivity contribution in [1.82, 2.24) is 0 Å². The Kier molecular flexibility index (Phi) is 6.36. The number of ether oxygens (including phenoxy) is 2. The molecule has 0 saturated carbocycles. The largest absolute Gasteiger partial charge is 0.466 e. The van der Waals surface area contributed by atoms with Gasteiger partial charge in [0.1, 0.15) is 0 Å². The molecule has 0 aromatic heterocycles. The fourth-order valence-electron chi connectivity index (χ4n) is 1.65. The van der Waals surface area contributed by atoms with Gasteiger partial charge in [-0.3, -0.25) is 4.79 Å². The van der Waals surface area contributed by atoms with Crippen molar-refractivity contribution in [2.75, 3.05) is 13.2 Å². The molecule has 0 spiro atoms. The molecule has 0 N–H and O–H groups in total. The SMILES string of the molecule is CCOC(=O)CCc1cc(Cl)ccc1C(=O)OCC. The van der Waals surface area contributed by atoms with Gasteiger partial charge in [-0.15, -0.1) is 0 Å². The molecule has 0 saturated heterocycles. The summed E-state index contributed by atoms with van der Waals surface area (Å²) in [5, 5.41) is 0.520. The molecule has 5 heteroatoms. The van der Waals surface area contributed by atoms with Crippen LogP contribution in [-0.2, 0) is 20.7 Å². The van der Waals surface area contributed by atoms with Gasteiger partial charge < -0.3 is 9.47 Å². The first kappa shape index (κ1) is 15.5. The quantitative estimate of drug-likeness (QED) is 0.754. The highest BCUT2D eigenvalue weighted by molar-refractivity contribution is 6.30. The molecule has 0 fully saturated rings. The van der Waals surface area contributed by atoms with Gasteiger partial charge in [0.25, 0.3) is 0 Å². The lowest BCUT2D eigenvalue weighted by Crippen LogP contribution is -2.10. The maximum absolute atomic E-state index is 11.8. The maximum Gasteiger partial charge on any atom is 0.338 e. The number of hydrogen-bond donors (Lipinski definition) is 0. The lowest BCUT2D eigenvalue weighted by molar-refractivity contribution is -0.143. The van der Waals surface area contributed by atoms with Crippen LogP contribution in [0.4, 0.5) is 0 Å². The third-order valence-electron chi connectivity index (χ3n) is 2.47. The number of hydrogen-bond acceptors (Lipinski definition) is 4. The van der Waals surface area contributed by atoms with E-state index in [1.807, 2.05) is 0 Å². The molecule has 19 heavy (non-hydrogen) atoms. The smallest absolute Gasteiger partial charge is 0.338 e. The number of carbonyl (C=O) groups excluding carboxylic acids is 2. The standard InChI is InChI=1S/C14H17ClO4/c1-3-18-13(16)8-5-10-9-11(15)6-7-12(10)14(17)19-4-2/h6-7,9H,3-5,8H2,1-2H3. The lowest BCUT2D eigenvalue weighted by atomic mass is 10.0. The summed E-state index contributed by atoms with van der Waals surface area (Å²) >= 11 is 5.91. The van der Waals surface area contributed by atoms with Crippen LogP contribution in [-0.4, -0.2) is 25.2 Å². The van der Waals surface area contributed by atoms with Gasteiger partial charge in [0.15, 0.2) is 0 Å².